The van der Waals surface area contributed by atoms with E-state index in [0.29, 0.717) is 6.04 Å². The van der Waals surface area contributed by atoms with E-state index in [9.17, 15) is 4.79 Å². The molecule has 0 saturated heterocycles. The molecule has 0 bridgehead atoms. The van der Waals surface area contributed by atoms with Crippen LogP contribution >= 0.6 is 0 Å². The molecule has 16 heavy (non-hydrogen) atoms. The molecule has 0 aromatic carbocycles. The van der Waals surface area contributed by atoms with Crippen LogP contribution in [-0.2, 0) is 4.79 Å². The van der Waals surface area contributed by atoms with Crippen LogP contribution < -0.4 is 11.1 Å². The highest BCUT2D eigenvalue weighted by atomic mass is 16.2. The van der Waals surface area contributed by atoms with E-state index in [4.69, 9.17) is 5.73 Å². The van der Waals surface area contributed by atoms with E-state index >= 15 is 0 Å². The zero-order valence-corrected chi connectivity index (χ0v) is 11.1. The number of nitrogens with two attached hydrogens (primary N) is 1. The smallest absolute Gasteiger partial charge is 0.237 e. The molecule has 0 radical (unpaired) electrons. The molecule has 0 fully saturated rings. The van der Waals surface area contributed by atoms with Crippen molar-refractivity contribution >= 4 is 5.91 Å². The van der Waals surface area contributed by atoms with Crippen LogP contribution in [0.4, 0.5) is 0 Å². The predicted molar refractivity (Wildman–Crippen MR) is 69.2 cm³/mol. The average molecular weight is 228 g/mol. The summed E-state index contributed by atoms with van der Waals surface area (Å²) in [5, 5.41) is 3.07. The summed E-state index contributed by atoms with van der Waals surface area (Å²) in [7, 11) is 0. The first kappa shape index (κ1) is 15.4. The van der Waals surface area contributed by atoms with Gasteiger partial charge in [-0.25, -0.2) is 0 Å². The maximum atomic E-state index is 11.7. The van der Waals surface area contributed by atoms with Crippen LogP contribution in [0.3, 0.4) is 0 Å². The minimum Gasteiger partial charge on any atom is -0.352 e. The van der Waals surface area contributed by atoms with Crippen molar-refractivity contribution in [3.8, 4) is 0 Å². The topological polar surface area (TPSA) is 55.1 Å². The molecule has 3 heteroatoms. The number of hydrogen-bond donors (Lipinski definition) is 2. The molecule has 0 aliphatic rings. The van der Waals surface area contributed by atoms with E-state index in [0.717, 1.165) is 32.1 Å². The average Bonchev–Trinajstić information content (AvgIpc) is 2.26. The van der Waals surface area contributed by atoms with Gasteiger partial charge in [-0.2, -0.15) is 0 Å². The Labute approximate surface area is 100 Å². The Kier molecular flexibility index (Phi) is 9.30. The summed E-state index contributed by atoms with van der Waals surface area (Å²) in [6, 6.07) is -0.00802. The van der Waals surface area contributed by atoms with Gasteiger partial charge in [0.2, 0.25) is 5.91 Å². The Morgan fingerprint density at radius 1 is 1.06 bits per heavy atom. The van der Waals surface area contributed by atoms with E-state index in [1.165, 1.54) is 12.8 Å². The molecular weight excluding hydrogens is 200 g/mol. The van der Waals surface area contributed by atoms with E-state index in [2.05, 4.69) is 19.2 Å². The lowest BCUT2D eigenvalue weighted by atomic mass is 10.0. The second-order valence-electron chi connectivity index (χ2n) is 4.53. The zero-order chi connectivity index (χ0) is 12.4. The van der Waals surface area contributed by atoms with Crippen molar-refractivity contribution in [2.24, 2.45) is 5.73 Å². The van der Waals surface area contributed by atoms with Crippen molar-refractivity contribution < 1.29 is 4.79 Å². The molecule has 96 valence electrons. The molecule has 3 nitrogen and oxygen atoms in total. The quantitative estimate of drug-likeness (QED) is 0.637. The predicted octanol–water partition coefficient (Wildman–Crippen LogP) is 2.59. The third kappa shape index (κ3) is 6.83. The van der Waals surface area contributed by atoms with Gasteiger partial charge in [0.25, 0.3) is 0 Å². The van der Waals surface area contributed by atoms with Crippen molar-refractivity contribution in [2.45, 2.75) is 77.8 Å². The minimum atomic E-state index is -0.328. The van der Waals surface area contributed by atoms with Crippen molar-refractivity contribution in [2.75, 3.05) is 0 Å². The molecule has 0 spiro atoms. The van der Waals surface area contributed by atoms with Gasteiger partial charge < -0.3 is 11.1 Å². The molecule has 1 amide bonds. The van der Waals surface area contributed by atoms with E-state index in [1.54, 1.807) is 0 Å². The van der Waals surface area contributed by atoms with Gasteiger partial charge in [-0.3, -0.25) is 4.79 Å². The number of nitrogens with one attached hydrogen (secondary N) is 1. The highest BCUT2D eigenvalue weighted by Crippen LogP contribution is 2.07. The van der Waals surface area contributed by atoms with E-state index in [1.807, 2.05) is 6.92 Å². The molecule has 0 aliphatic carbocycles. The minimum absolute atomic E-state index is 0.0244. The molecule has 2 unspecified atom stereocenters. The highest BCUT2D eigenvalue weighted by molar-refractivity contribution is 5.81. The van der Waals surface area contributed by atoms with Crippen LogP contribution in [0.25, 0.3) is 0 Å². The Morgan fingerprint density at radius 2 is 1.69 bits per heavy atom. The first-order valence-corrected chi connectivity index (χ1v) is 6.71. The maximum Gasteiger partial charge on any atom is 0.237 e. The summed E-state index contributed by atoms with van der Waals surface area (Å²) in [6.07, 6.45) is 7.34. The summed E-state index contributed by atoms with van der Waals surface area (Å²) in [5.74, 6) is 0.0244. The number of unbranched alkanes of at least 4 members (excludes halogenated alkanes) is 1. The number of carbonyl (C=O) groups is 1. The summed E-state index contributed by atoms with van der Waals surface area (Å²) in [5.41, 5.74) is 5.79. The molecule has 3 N–H and O–H groups in total. The van der Waals surface area contributed by atoms with Crippen LogP contribution in [0.5, 0.6) is 0 Å². The number of rotatable bonds is 9. The molecule has 2 atom stereocenters. The van der Waals surface area contributed by atoms with Crippen molar-refractivity contribution in [1.82, 2.24) is 5.32 Å². The highest BCUT2D eigenvalue weighted by Gasteiger charge is 2.16. The Balaban J connectivity index is 4.00. The van der Waals surface area contributed by atoms with Gasteiger partial charge in [-0.1, -0.05) is 46.5 Å². The van der Waals surface area contributed by atoms with Crippen molar-refractivity contribution in [3.63, 3.8) is 0 Å². The summed E-state index contributed by atoms with van der Waals surface area (Å²) in [6.45, 7) is 6.37. The molecule has 0 rings (SSSR count). The van der Waals surface area contributed by atoms with E-state index < -0.39 is 0 Å². The third-order valence-corrected chi connectivity index (χ3v) is 2.83. The summed E-state index contributed by atoms with van der Waals surface area (Å²) < 4.78 is 0. The molecule has 0 aliphatic heterocycles. The lowest BCUT2D eigenvalue weighted by molar-refractivity contribution is -0.123. The van der Waals surface area contributed by atoms with Gasteiger partial charge in [-0.05, 0) is 19.3 Å². The molecule has 0 saturated carbocycles. The fourth-order valence-corrected chi connectivity index (χ4v) is 1.84. The van der Waals surface area contributed by atoms with Crippen LogP contribution in [0, 0.1) is 0 Å². The number of hydrogen-bond acceptors (Lipinski definition) is 2. The largest absolute Gasteiger partial charge is 0.352 e. The Hall–Kier alpha value is -0.570. The molecule has 0 aromatic heterocycles. The Bertz CT molecular complexity index is 183. The SMILES string of the molecule is CCCCC(CCC)NC(=O)C(N)CCC. The monoisotopic (exact) mass is 228 g/mol. The Morgan fingerprint density at radius 3 is 2.19 bits per heavy atom. The van der Waals surface area contributed by atoms with Gasteiger partial charge >= 0.3 is 0 Å². The van der Waals surface area contributed by atoms with E-state index in [-0.39, 0.29) is 11.9 Å². The van der Waals surface area contributed by atoms with Crippen LogP contribution in [0.1, 0.15) is 65.7 Å². The standard InChI is InChI=1S/C13H28N2O/c1-4-7-10-11(8-5-2)15-13(16)12(14)9-6-3/h11-12H,4-10,14H2,1-3H3,(H,15,16). The van der Waals surface area contributed by atoms with Gasteiger partial charge in [0.1, 0.15) is 0 Å². The summed E-state index contributed by atoms with van der Waals surface area (Å²) >= 11 is 0. The second-order valence-corrected chi connectivity index (χ2v) is 4.53. The zero-order valence-electron chi connectivity index (χ0n) is 11.1. The van der Waals surface area contributed by atoms with Crippen molar-refractivity contribution in [1.29, 1.82) is 0 Å². The van der Waals surface area contributed by atoms with Gasteiger partial charge in [0.15, 0.2) is 0 Å². The third-order valence-electron chi connectivity index (χ3n) is 2.83. The normalized spacial score (nSPS) is 14.5. The van der Waals surface area contributed by atoms with Crippen molar-refractivity contribution in [3.05, 3.63) is 0 Å². The fraction of sp³-hybridized carbons (Fsp3) is 0.923. The van der Waals surface area contributed by atoms with Gasteiger partial charge in [-0.15, -0.1) is 0 Å². The van der Waals surface area contributed by atoms with Gasteiger partial charge in [0, 0.05) is 6.04 Å². The number of carbonyl (C=O) groups excluding carboxylic acids is 1. The lowest BCUT2D eigenvalue weighted by Gasteiger charge is -2.20. The van der Waals surface area contributed by atoms with Crippen LogP contribution in [0.2, 0.25) is 0 Å². The lowest BCUT2D eigenvalue weighted by Crippen LogP contribution is -2.45. The maximum absolute atomic E-state index is 11.7. The molecule has 0 aromatic rings. The fourth-order valence-electron chi connectivity index (χ4n) is 1.84. The molecule has 0 heterocycles. The molecular formula is C13H28N2O. The second kappa shape index (κ2) is 9.64. The summed E-state index contributed by atoms with van der Waals surface area (Å²) in [4.78, 5) is 11.7. The first-order valence-electron chi connectivity index (χ1n) is 6.71. The van der Waals surface area contributed by atoms with Gasteiger partial charge in [0.05, 0.1) is 6.04 Å². The van der Waals surface area contributed by atoms with Crippen LogP contribution in [0.15, 0.2) is 0 Å². The van der Waals surface area contributed by atoms with Crippen LogP contribution in [-0.4, -0.2) is 18.0 Å². The number of amides is 1. The first-order chi connectivity index (χ1) is 7.65.